The van der Waals surface area contributed by atoms with E-state index in [1.807, 2.05) is 6.92 Å². The third kappa shape index (κ3) is 1.09. The number of aliphatic hydroxyl groups is 2. The van der Waals surface area contributed by atoms with E-state index in [0.29, 0.717) is 5.92 Å². The summed E-state index contributed by atoms with van der Waals surface area (Å²) in [6.07, 6.45) is 3.80. The molecule has 2 nitrogen and oxygen atoms in total. The molecule has 3 saturated carbocycles. The first kappa shape index (κ1) is 7.56. The van der Waals surface area contributed by atoms with Crippen LogP contribution >= 0.6 is 0 Å². The minimum absolute atomic E-state index is 0.146. The molecule has 0 amide bonds. The van der Waals surface area contributed by atoms with Crippen molar-refractivity contribution in [1.82, 2.24) is 0 Å². The van der Waals surface area contributed by atoms with Gasteiger partial charge in [-0.25, -0.2) is 0 Å². The zero-order valence-corrected chi connectivity index (χ0v) is 6.95. The van der Waals surface area contributed by atoms with Crippen LogP contribution in [0.25, 0.3) is 0 Å². The van der Waals surface area contributed by atoms with Crippen LogP contribution in [0.2, 0.25) is 0 Å². The van der Waals surface area contributed by atoms with Crippen molar-refractivity contribution in [2.45, 2.75) is 44.3 Å². The molecule has 64 valence electrons. The van der Waals surface area contributed by atoms with Crippen molar-refractivity contribution >= 4 is 0 Å². The van der Waals surface area contributed by atoms with Crippen molar-refractivity contribution in [3.63, 3.8) is 0 Å². The lowest BCUT2D eigenvalue weighted by molar-refractivity contribution is -0.140. The van der Waals surface area contributed by atoms with Gasteiger partial charge >= 0.3 is 0 Å². The van der Waals surface area contributed by atoms with Crippen LogP contribution in [-0.4, -0.2) is 21.9 Å². The summed E-state index contributed by atoms with van der Waals surface area (Å²) >= 11 is 0. The number of aliphatic hydroxyl groups excluding tert-OH is 1. The normalized spacial score (nSPS) is 56.5. The quantitative estimate of drug-likeness (QED) is 0.547. The Morgan fingerprint density at radius 2 is 2.09 bits per heavy atom. The first-order chi connectivity index (χ1) is 5.09. The predicted octanol–water partition coefficient (Wildman–Crippen LogP) is 0.918. The smallest absolute Gasteiger partial charge is 0.0675 e. The molecule has 2 bridgehead atoms. The van der Waals surface area contributed by atoms with Crippen molar-refractivity contribution < 1.29 is 10.2 Å². The lowest BCUT2D eigenvalue weighted by atomic mass is 9.61. The molecule has 3 fully saturated rings. The second kappa shape index (κ2) is 2.20. The summed E-state index contributed by atoms with van der Waals surface area (Å²) in [4.78, 5) is 0. The standard InChI is InChI=1S/C9H16O2/c1-9(11)5-6-2-3-7(9)8(10)4-6/h6-8,10-11H,2-5H2,1H3/t6-,7+,8-,9+/m0/s1. The van der Waals surface area contributed by atoms with Crippen LogP contribution in [0.4, 0.5) is 0 Å². The van der Waals surface area contributed by atoms with Crippen LogP contribution in [0.15, 0.2) is 0 Å². The lowest BCUT2D eigenvalue weighted by Gasteiger charge is -2.49. The Balaban J connectivity index is 2.20. The van der Waals surface area contributed by atoms with Gasteiger partial charge in [-0.15, -0.1) is 0 Å². The molecule has 0 radical (unpaired) electrons. The Morgan fingerprint density at radius 3 is 2.45 bits per heavy atom. The number of hydrogen-bond donors (Lipinski definition) is 2. The molecule has 3 rings (SSSR count). The van der Waals surface area contributed by atoms with E-state index in [1.165, 1.54) is 6.42 Å². The topological polar surface area (TPSA) is 40.5 Å². The first-order valence-electron chi connectivity index (χ1n) is 4.50. The maximum atomic E-state index is 9.88. The molecule has 0 spiro atoms. The van der Waals surface area contributed by atoms with Gasteiger partial charge in [0.2, 0.25) is 0 Å². The van der Waals surface area contributed by atoms with E-state index in [0.717, 1.165) is 19.3 Å². The van der Waals surface area contributed by atoms with Gasteiger partial charge in [0.1, 0.15) is 0 Å². The molecule has 11 heavy (non-hydrogen) atoms. The molecule has 0 heterocycles. The first-order valence-corrected chi connectivity index (χ1v) is 4.50. The summed E-state index contributed by atoms with van der Waals surface area (Å²) in [5.41, 5.74) is -0.583. The van der Waals surface area contributed by atoms with Crippen LogP contribution in [-0.2, 0) is 0 Å². The van der Waals surface area contributed by atoms with Gasteiger partial charge < -0.3 is 10.2 Å². The average molecular weight is 156 g/mol. The third-order valence-electron chi connectivity index (χ3n) is 3.43. The van der Waals surface area contributed by atoms with Gasteiger partial charge in [-0.05, 0) is 38.5 Å². The van der Waals surface area contributed by atoms with E-state index in [4.69, 9.17) is 0 Å². The summed E-state index contributed by atoms with van der Waals surface area (Å²) in [6.45, 7) is 1.87. The number of fused-ring (bicyclic) bond motifs is 3. The highest BCUT2D eigenvalue weighted by atomic mass is 16.3. The molecule has 0 saturated heterocycles. The molecule has 2 heteroatoms. The Morgan fingerprint density at radius 1 is 1.36 bits per heavy atom. The SMILES string of the molecule is C[C@@]1(O)C[C@H]2CC[C@@H]1[C@@H](O)C2. The Kier molecular flexibility index (Phi) is 1.52. The summed E-state index contributed by atoms with van der Waals surface area (Å²) in [7, 11) is 0. The van der Waals surface area contributed by atoms with E-state index in [-0.39, 0.29) is 12.0 Å². The van der Waals surface area contributed by atoms with Crippen molar-refractivity contribution in [1.29, 1.82) is 0 Å². The predicted molar refractivity (Wildman–Crippen MR) is 42.1 cm³/mol. The maximum Gasteiger partial charge on any atom is 0.0675 e. The van der Waals surface area contributed by atoms with E-state index in [2.05, 4.69) is 0 Å². The van der Waals surface area contributed by atoms with E-state index in [9.17, 15) is 10.2 Å². The van der Waals surface area contributed by atoms with Gasteiger partial charge in [0, 0.05) is 5.92 Å². The van der Waals surface area contributed by atoms with Crippen LogP contribution in [0.1, 0.15) is 32.6 Å². The lowest BCUT2D eigenvalue weighted by Crippen LogP contribution is -2.52. The summed E-state index contributed by atoms with van der Waals surface area (Å²) in [5.74, 6) is 0.720. The van der Waals surface area contributed by atoms with E-state index in [1.54, 1.807) is 0 Å². The molecule has 0 aliphatic heterocycles. The van der Waals surface area contributed by atoms with Crippen LogP contribution in [0.5, 0.6) is 0 Å². The molecule has 4 atom stereocenters. The second-order valence-corrected chi connectivity index (χ2v) is 4.41. The summed E-state index contributed by atoms with van der Waals surface area (Å²) in [6, 6.07) is 0. The van der Waals surface area contributed by atoms with Crippen LogP contribution in [0.3, 0.4) is 0 Å². The molecule has 3 aliphatic rings. The monoisotopic (exact) mass is 156 g/mol. The van der Waals surface area contributed by atoms with Gasteiger partial charge in [-0.3, -0.25) is 0 Å². The highest BCUT2D eigenvalue weighted by molar-refractivity contribution is 4.98. The zero-order valence-electron chi connectivity index (χ0n) is 6.95. The fraction of sp³-hybridized carbons (Fsp3) is 1.00. The Hall–Kier alpha value is -0.0800. The minimum atomic E-state index is -0.583. The molecule has 0 unspecified atom stereocenters. The third-order valence-corrected chi connectivity index (χ3v) is 3.43. The van der Waals surface area contributed by atoms with E-state index >= 15 is 0 Å². The Labute approximate surface area is 67.2 Å². The molecule has 0 aromatic heterocycles. The molecule has 3 aliphatic carbocycles. The highest BCUT2D eigenvalue weighted by Gasteiger charge is 2.47. The van der Waals surface area contributed by atoms with Crippen molar-refractivity contribution in [2.75, 3.05) is 0 Å². The van der Waals surface area contributed by atoms with Gasteiger partial charge in [0.15, 0.2) is 0 Å². The van der Waals surface area contributed by atoms with E-state index < -0.39 is 5.60 Å². The largest absolute Gasteiger partial charge is 0.393 e. The number of hydrogen-bond acceptors (Lipinski definition) is 2. The van der Waals surface area contributed by atoms with Gasteiger partial charge in [-0.1, -0.05) is 0 Å². The van der Waals surface area contributed by atoms with Gasteiger partial charge in [0.25, 0.3) is 0 Å². The van der Waals surface area contributed by atoms with Crippen molar-refractivity contribution in [3.05, 3.63) is 0 Å². The summed E-state index contributed by atoms with van der Waals surface area (Å²) in [5, 5.41) is 19.5. The molecule has 0 aromatic rings. The molecular weight excluding hydrogens is 140 g/mol. The number of rotatable bonds is 0. The maximum absolute atomic E-state index is 9.88. The Bertz CT molecular complexity index is 165. The molecule has 0 aromatic carbocycles. The fourth-order valence-electron chi connectivity index (χ4n) is 2.88. The minimum Gasteiger partial charge on any atom is -0.393 e. The van der Waals surface area contributed by atoms with Crippen molar-refractivity contribution in [3.8, 4) is 0 Å². The fourth-order valence-corrected chi connectivity index (χ4v) is 2.88. The average Bonchev–Trinajstić information content (AvgIpc) is 1.83. The molecule has 2 N–H and O–H groups in total. The second-order valence-electron chi connectivity index (χ2n) is 4.41. The van der Waals surface area contributed by atoms with Gasteiger partial charge in [-0.2, -0.15) is 0 Å². The van der Waals surface area contributed by atoms with Crippen molar-refractivity contribution in [2.24, 2.45) is 11.8 Å². The van der Waals surface area contributed by atoms with Crippen LogP contribution in [0, 0.1) is 11.8 Å². The van der Waals surface area contributed by atoms with Crippen LogP contribution < -0.4 is 0 Å². The molecular formula is C9H16O2. The zero-order chi connectivity index (χ0) is 8.06. The van der Waals surface area contributed by atoms with Gasteiger partial charge in [0.05, 0.1) is 11.7 Å². The summed E-state index contributed by atoms with van der Waals surface area (Å²) < 4.78 is 0. The highest BCUT2D eigenvalue weighted by Crippen LogP contribution is 2.47.